The molecule has 0 amide bonds. The average Bonchev–Trinajstić information content (AvgIpc) is 3.07. The van der Waals surface area contributed by atoms with Crippen LogP contribution in [0.5, 0.6) is 0 Å². The number of nitrogens with zero attached hydrogens (tertiary/aromatic N) is 3. The van der Waals surface area contributed by atoms with Crippen molar-refractivity contribution in [2.45, 2.75) is 42.0 Å². The molecule has 0 saturated carbocycles. The van der Waals surface area contributed by atoms with Crippen molar-refractivity contribution in [3.05, 3.63) is 35.4 Å². The Balaban J connectivity index is 1.82. The zero-order valence-corrected chi connectivity index (χ0v) is 14.3. The fourth-order valence-electron chi connectivity index (χ4n) is 3.20. The molecule has 3 N–H and O–H groups in total. The molecular formula is C15H18F3N3O4S. The maximum Gasteiger partial charge on any atom is 0.416 e. The highest BCUT2D eigenvalue weighted by Gasteiger charge is 2.48. The summed E-state index contributed by atoms with van der Waals surface area (Å²) in [7, 11) is 0. The van der Waals surface area contributed by atoms with Crippen molar-refractivity contribution in [2.24, 2.45) is 10.3 Å². The van der Waals surface area contributed by atoms with E-state index in [1.807, 2.05) is 0 Å². The molecule has 1 saturated heterocycles. The van der Waals surface area contributed by atoms with Crippen LogP contribution in [-0.2, 0) is 10.9 Å². The van der Waals surface area contributed by atoms with Crippen LogP contribution in [0.3, 0.4) is 0 Å². The molecule has 0 spiro atoms. The molecule has 4 unspecified atom stereocenters. The summed E-state index contributed by atoms with van der Waals surface area (Å²) in [6, 6.07) is 3.14. The monoisotopic (exact) mass is 393 g/mol. The SMILES string of the molecule is OCC1O[C@@H](S)C(O)C(N2CC(c3ccccc3C(F)(F)F)N=N2)[C@H]1O. The number of benzene rings is 1. The molecule has 6 atom stereocenters. The zero-order chi connectivity index (χ0) is 19.1. The largest absolute Gasteiger partial charge is 0.416 e. The number of ether oxygens (including phenoxy) is 1. The summed E-state index contributed by atoms with van der Waals surface area (Å²) in [4.78, 5) is 0. The lowest BCUT2D eigenvalue weighted by atomic mass is 9.95. The number of rotatable bonds is 3. The number of halogens is 3. The molecule has 2 heterocycles. The van der Waals surface area contributed by atoms with Gasteiger partial charge in [0.15, 0.2) is 0 Å². The molecule has 1 aromatic carbocycles. The molecule has 0 radical (unpaired) electrons. The summed E-state index contributed by atoms with van der Waals surface area (Å²) < 4.78 is 44.8. The van der Waals surface area contributed by atoms with Crippen molar-refractivity contribution >= 4 is 12.6 Å². The van der Waals surface area contributed by atoms with E-state index in [0.717, 1.165) is 6.07 Å². The van der Waals surface area contributed by atoms with Gasteiger partial charge in [-0.1, -0.05) is 23.4 Å². The molecule has 2 aliphatic heterocycles. The summed E-state index contributed by atoms with van der Waals surface area (Å²) in [5, 5.41) is 38.8. The molecule has 11 heteroatoms. The summed E-state index contributed by atoms with van der Waals surface area (Å²) in [6.07, 6.45) is -8.11. The third-order valence-corrected chi connectivity index (χ3v) is 4.93. The van der Waals surface area contributed by atoms with E-state index in [4.69, 9.17) is 4.74 Å². The lowest BCUT2D eigenvalue weighted by Gasteiger charge is -2.43. The highest BCUT2D eigenvalue weighted by Crippen LogP contribution is 2.39. The summed E-state index contributed by atoms with van der Waals surface area (Å²) >= 11 is 4.07. The summed E-state index contributed by atoms with van der Waals surface area (Å²) in [6.45, 7) is -0.572. The van der Waals surface area contributed by atoms with Crippen LogP contribution in [0, 0.1) is 0 Å². The maximum absolute atomic E-state index is 13.2. The Morgan fingerprint density at radius 3 is 2.58 bits per heavy atom. The van der Waals surface area contributed by atoms with Crippen LogP contribution in [0.1, 0.15) is 17.2 Å². The topological polar surface area (TPSA) is 97.9 Å². The van der Waals surface area contributed by atoms with E-state index in [1.165, 1.54) is 23.2 Å². The van der Waals surface area contributed by atoms with Gasteiger partial charge in [0.2, 0.25) is 0 Å². The fraction of sp³-hybridized carbons (Fsp3) is 0.600. The fourth-order valence-corrected chi connectivity index (χ4v) is 3.53. The van der Waals surface area contributed by atoms with Gasteiger partial charge in [0, 0.05) is 0 Å². The van der Waals surface area contributed by atoms with Crippen LogP contribution in [0.25, 0.3) is 0 Å². The van der Waals surface area contributed by atoms with Crippen LogP contribution in [0.4, 0.5) is 13.2 Å². The van der Waals surface area contributed by atoms with Crippen molar-refractivity contribution in [3.8, 4) is 0 Å². The van der Waals surface area contributed by atoms with E-state index >= 15 is 0 Å². The van der Waals surface area contributed by atoms with Crippen molar-refractivity contribution in [3.63, 3.8) is 0 Å². The number of hydrogen-bond acceptors (Lipinski definition) is 8. The predicted octanol–water partition coefficient (Wildman–Crippen LogP) is 1.17. The van der Waals surface area contributed by atoms with Gasteiger partial charge in [-0.15, -0.1) is 12.6 Å². The van der Waals surface area contributed by atoms with Crippen LogP contribution in [-0.4, -0.2) is 63.3 Å². The second-order valence-corrected chi connectivity index (χ2v) is 6.66. The van der Waals surface area contributed by atoms with Gasteiger partial charge in [-0.25, -0.2) is 0 Å². The molecule has 2 aliphatic rings. The molecule has 1 aromatic rings. The van der Waals surface area contributed by atoms with E-state index in [0.29, 0.717) is 0 Å². The third kappa shape index (κ3) is 3.54. The van der Waals surface area contributed by atoms with E-state index in [1.54, 1.807) is 0 Å². The van der Waals surface area contributed by atoms with Gasteiger partial charge in [-0.3, -0.25) is 5.01 Å². The van der Waals surface area contributed by atoms with Gasteiger partial charge in [0.1, 0.15) is 35.8 Å². The molecule has 7 nitrogen and oxygen atoms in total. The molecule has 0 aromatic heterocycles. The van der Waals surface area contributed by atoms with Crippen molar-refractivity contribution in [2.75, 3.05) is 13.2 Å². The third-order valence-electron chi connectivity index (χ3n) is 4.50. The summed E-state index contributed by atoms with van der Waals surface area (Å²) in [5.74, 6) is 0. The number of alkyl halides is 3. The number of aliphatic hydroxyl groups is 3. The first-order chi connectivity index (χ1) is 12.2. The second-order valence-electron chi connectivity index (χ2n) is 6.15. The van der Waals surface area contributed by atoms with Gasteiger partial charge in [0.25, 0.3) is 0 Å². The highest BCUT2D eigenvalue weighted by atomic mass is 32.1. The predicted molar refractivity (Wildman–Crippen MR) is 86.3 cm³/mol. The number of aliphatic hydroxyl groups excluding tert-OH is 3. The Hall–Kier alpha value is -1.40. The average molecular weight is 393 g/mol. The van der Waals surface area contributed by atoms with Gasteiger partial charge in [-0.2, -0.15) is 18.3 Å². The van der Waals surface area contributed by atoms with Crippen molar-refractivity contribution < 1.29 is 33.2 Å². The maximum atomic E-state index is 13.2. The molecule has 26 heavy (non-hydrogen) atoms. The highest BCUT2D eigenvalue weighted by molar-refractivity contribution is 7.80. The minimum atomic E-state index is -4.53. The van der Waals surface area contributed by atoms with E-state index in [9.17, 15) is 28.5 Å². The Morgan fingerprint density at radius 1 is 1.23 bits per heavy atom. The van der Waals surface area contributed by atoms with Gasteiger partial charge >= 0.3 is 6.18 Å². The van der Waals surface area contributed by atoms with Crippen molar-refractivity contribution in [1.29, 1.82) is 0 Å². The molecular weight excluding hydrogens is 375 g/mol. The smallest absolute Gasteiger partial charge is 0.394 e. The molecule has 144 valence electrons. The zero-order valence-electron chi connectivity index (χ0n) is 13.4. The van der Waals surface area contributed by atoms with Gasteiger partial charge in [0.05, 0.1) is 18.7 Å². The van der Waals surface area contributed by atoms with Crippen molar-refractivity contribution in [1.82, 2.24) is 5.01 Å². The van der Waals surface area contributed by atoms with Crippen LogP contribution in [0.15, 0.2) is 34.6 Å². The first-order valence-corrected chi connectivity index (χ1v) is 8.39. The Bertz CT molecular complexity index is 678. The summed E-state index contributed by atoms with van der Waals surface area (Å²) in [5.41, 5.74) is -1.83. The lowest BCUT2D eigenvalue weighted by molar-refractivity contribution is -0.188. The van der Waals surface area contributed by atoms with E-state index < -0.39 is 54.2 Å². The molecule has 0 aliphatic carbocycles. The standard InChI is InChI=1S/C15H18F3N3O4S/c16-15(17,18)8-4-2-1-3-7(8)9-5-21(20-19-9)11-12(23)10(6-22)25-14(26)13(11)24/h1-4,9-14,22-24,26H,5-6H2/t9?,10?,11?,12-,13?,14-/m0/s1. The Kier molecular flexibility index (Phi) is 5.45. The molecule has 1 fully saturated rings. The quantitative estimate of drug-likeness (QED) is 0.578. The molecule has 0 bridgehead atoms. The number of thiol groups is 1. The van der Waals surface area contributed by atoms with E-state index in [2.05, 4.69) is 23.0 Å². The first kappa shape index (κ1) is 19.4. The van der Waals surface area contributed by atoms with Crippen LogP contribution < -0.4 is 0 Å². The van der Waals surface area contributed by atoms with Gasteiger partial charge in [-0.05, 0) is 11.6 Å². The number of hydrogen-bond donors (Lipinski definition) is 4. The Labute approximate surface area is 152 Å². The van der Waals surface area contributed by atoms with E-state index in [-0.39, 0.29) is 12.1 Å². The minimum absolute atomic E-state index is 0.0385. The minimum Gasteiger partial charge on any atom is -0.394 e. The van der Waals surface area contributed by atoms with Gasteiger partial charge < -0.3 is 20.1 Å². The van der Waals surface area contributed by atoms with Crippen LogP contribution in [0.2, 0.25) is 0 Å². The first-order valence-electron chi connectivity index (χ1n) is 7.88. The lowest BCUT2D eigenvalue weighted by Crippen LogP contribution is -2.62. The second kappa shape index (κ2) is 7.31. The van der Waals surface area contributed by atoms with Crippen LogP contribution >= 0.6 is 12.6 Å². The molecule has 3 rings (SSSR count). The Morgan fingerprint density at radius 2 is 1.92 bits per heavy atom. The normalized spacial score (nSPS) is 35.1.